The molecule has 0 radical (unpaired) electrons. The summed E-state index contributed by atoms with van der Waals surface area (Å²) in [5.74, 6) is 0. The minimum Gasteiger partial charge on any atom is -0.382 e. The standard InChI is InChI=1S/C8H14N2O2/c1-8-3-4-10(9-8)7-12-6-5-11-2/h3-4H,5-7H2,1-2H3. The summed E-state index contributed by atoms with van der Waals surface area (Å²) in [6.45, 7) is 3.68. The third-order valence-corrected chi connectivity index (χ3v) is 1.43. The van der Waals surface area contributed by atoms with Gasteiger partial charge < -0.3 is 9.47 Å². The predicted molar refractivity (Wildman–Crippen MR) is 44.8 cm³/mol. The lowest BCUT2D eigenvalue weighted by atomic mass is 10.5. The van der Waals surface area contributed by atoms with E-state index in [-0.39, 0.29) is 0 Å². The molecule has 0 fully saturated rings. The van der Waals surface area contributed by atoms with Crippen LogP contribution in [-0.4, -0.2) is 30.1 Å². The highest BCUT2D eigenvalue weighted by molar-refractivity contribution is 4.94. The highest BCUT2D eigenvalue weighted by atomic mass is 16.5. The molecular weight excluding hydrogens is 156 g/mol. The number of ether oxygens (including phenoxy) is 2. The van der Waals surface area contributed by atoms with Gasteiger partial charge in [0.05, 0.1) is 18.9 Å². The zero-order valence-corrected chi connectivity index (χ0v) is 7.49. The van der Waals surface area contributed by atoms with Crippen molar-refractivity contribution in [3.8, 4) is 0 Å². The van der Waals surface area contributed by atoms with Crippen LogP contribution in [-0.2, 0) is 16.2 Å². The number of rotatable bonds is 5. The largest absolute Gasteiger partial charge is 0.382 e. The van der Waals surface area contributed by atoms with Gasteiger partial charge in [0.2, 0.25) is 0 Å². The van der Waals surface area contributed by atoms with E-state index in [1.54, 1.807) is 11.8 Å². The molecule has 1 rings (SSSR count). The van der Waals surface area contributed by atoms with Crippen LogP contribution in [0, 0.1) is 6.92 Å². The summed E-state index contributed by atoms with van der Waals surface area (Å²) >= 11 is 0. The fourth-order valence-electron chi connectivity index (χ4n) is 0.835. The Bertz CT molecular complexity index is 223. The van der Waals surface area contributed by atoms with Gasteiger partial charge in [-0.25, -0.2) is 4.68 Å². The smallest absolute Gasteiger partial charge is 0.139 e. The molecule has 68 valence electrons. The van der Waals surface area contributed by atoms with Gasteiger partial charge in [0.25, 0.3) is 0 Å². The number of aryl methyl sites for hydroxylation is 1. The number of methoxy groups -OCH3 is 1. The Hall–Kier alpha value is -0.870. The van der Waals surface area contributed by atoms with Crippen molar-refractivity contribution in [2.75, 3.05) is 20.3 Å². The predicted octanol–water partition coefficient (Wildman–Crippen LogP) is 0.812. The van der Waals surface area contributed by atoms with Gasteiger partial charge >= 0.3 is 0 Å². The normalized spacial score (nSPS) is 10.5. The van der Waals surface area contributed by atoms with Crippen molar-refractivity contribution in [3.05, 3.63) is 18.0 Å². The topological polar surface area (TPSA) is 36.3 Å². The summed E-state index contributed by atoms with van der Waals surface area (Å²) < 4.78 is 11.8. The van der Waals surface area contributed by atoms with Crippen LogP contribution in [0.25, 0.3) is 0 Å². The van der Waals surface area contributed by atoms with Crippen molar-refractivity contribution in [1.29, 1.82) is 0 Å². The lowest BCUT2D eigenvalue weighted by Gasteiger charge is -2.02. The molecule has 0 saturated heterocycles. The molecule has 0 atom stereocenters. The number of hydrogen-bond acceptors (Lipinski definition) is 3. The summed E-state index contributed by atoms with van der Waals surface area (Å²) in [6.07, 6.45) is 1.89. The first-order valence-corrected chi connectivity index (χ1v) is 3.89. The van der Waals surface area contributed by atoms with Crippen molar-refractivity contribution in [3.63, 3.8) is 0 Å². The van der Waals surface area contributed by atoms with Crippen LogP contribution in [0.5, 0.6) is 0 Å². The molecule has 1 aromatic heterocycles. The van der Waals surface area contributed by atoms with Crippen molar-refractivity contribution in [1.82, 2.24) is 9.78 Å². The monoisotopic (exact) mass is 170 g/mol. The Labute approximate surface area is 72.1 Å². The van der Waals surface area contributed by atoms with Gasteiger partial charge in [-0.2, -0.15) is 5.10 Å². The van der Waals surface area contributed by atoms with Gasteiger partial charge in [0, 0.05) is 13.3 Å². The molecule has 1 aromatic rings. The molecule has 0 bridgehead atoms. The average Bonchev–Trinajstić information content (AvgIpc) is 2.45. The minimum absolute atomic E-state index is 0.497. The van der Waals surface area contributed by atoms with Gasteiger partial charge in [-0.1, -0.05) is 0 Å². The van der Waals surface area contributed by atoms with E-state index in [1.165, 1.54) is 0 Å². The average molecular weight is 170 g/mol. The molecule has 0 aliphatic rings. The van der Waals surface area contributed by atoms with Gasteiger partial charge in [-0.15, -0.1) is 0 Å². The van der Waals surface area contributed by atoms with Crippen LogP contribution >= 0.6 is 0 Å². The van der Waals surface area contributed by atoms with Crippen molar-refractivity contribution < 1.29 is 9.47 Å². The fraction of sp³-hybridized carbons (Fsp3) is 0.625. The molecule has 4 heteroatoms. The summed E-state index contributed by atoms with van der Waals surface area (Å²) in [5.41, 5.74) is 1.00. The van der Waals surface area contributed by atoms with E-state index in [0.717, 1.165) is 5.69 Å². The molecule has 0 saturated carbocycles. The molecule has 0 unspecified atom stereocenters. The summed E-state index contributed by atoms with van der Waals surface area (Å²) in [4.78, 5) is 0. The molecule has 0 N–H and O–H groups in total. The van der Waals surface area contributed by atoms with Gasteiger partial charge in [-0.3, -0.25) is 0 Å². The van der Waals surface area contributed by atoms with Gasteiger partial charge in [0.15, 0.2) is 0 Å². The van der Waals surface area contributed by atoms with Crippen LogP contribution in [0.15, 0.2) is 12.3 Å². The minimum atomic E-state index is 0.497. The van der Waals surface area contributed by atoms with E-state index < -0.39 is 0 Å². The molecule has 0 aliphatic heterocycles. The Balaban J connectivity index is 2.15. The van der Waals surface area contributed by atoms with Crippen molar-refractivity contribution >= 4 is 0 Å². The molecule has 0 aromatic carbocycles. The Morgan fingerprint density at radius 1 is 1.50 bits per heavy atom. The first-order valence-electron chi connectivity index (χ1n) is 3.89. The molecular formula is C8H14N2O2. The molecule has 4 nitrogen and oxygen atoms in total. The zero-order chi connectivity index (χ0) is 8.81. The Morgan fingerprint density at radius 3 is 2.92 bits per heavy atom. The van der Waals surface area contributed by atoms with Crippen LogP contribution in [0.1, 0.15) is 5.69 Å². The van der Waals surface area contributed by atoms with E-state index in [2.05, 4.69) is 5.10 Å². The highest BCUT2D eigenvalue weighted by Crippen LogP contribution is 1.92. The lowest BCUT2D eigenvalue weighted by Crippen LogP contribution is -2.07. The van der Waals surface area contributed by atoms with E-state index >= 15 is 0 Å². The Kier molecular flexibility index (Phi) is 3.76. The quantitative estimate of drug-likeness (QED) is 0.613. The van der Waals surface area contributed by atoms with E-state index in [4.69, 9.17) is 9.47 Å². The molecule has 12 heavy (non-hydrogen) atoms. The number of aromatic nitrogens is 2. The third kappa shape index (κ3) is 3.02. The molecule has 1 heterocycles. The maximum atomic E-state index is 5.25. The van der Waals surface area contributed by atoms with Gasteiger partial charge in [-0.05, 0) is 13.0 Å². The van der Waals surface area contributed by atoms with Crippen molar-refractivity contribution in [2.45, 2.75) is 13.7 Å². The van der Waals surface area contributed by atoms with E-state index in [9.17, 15) is 0 Å². The molecule has 0 spiro atoms. The SMILES string of the molecule is COCCOCn1ccc(C)n1. The van der Waals surface area contributed by atoms with Gasteiger partial charge in [0.1, 0.15) is 6.73 Å². The summed E-state index contributed by atoms with van der Waals surface area (Å²) in [6, 6.07) is 1.94. The zero-order valence-electron chi connectivity index (χ0n) is 7.49. The maximum Gasteiger partial charge on any atom is 0.139 e. The maximum absolute atomic E-state index is 5.25. The van der Waals surface area contributed by atoms with E-state index in [1.807, 2.05) is 19.2 Å². The van der Waals surface area contributed by atoms with Crippen molar-refractivity contribution in [2.24, 2.45) is 0 Å². The van der Waals surface area contributed by atoms with Crippen LogP contribution in [0.3, 0.4) is 0 Å². The lowest BCUT2D eigenvalue weighted by molar-refractivity contribution is 0.0287. The molecule has 0 aliphatic carbocycles. The second-order valence-corrected chi connectivity index (χ2v) is 2.53. The van der Waals surface area contributed by atoms with Crippen LogP contribution in [0.2, 0.25) is 0 Å². The third-order valence-electron chi connectivity index (χ3n) is 1.43. The number of hydrogen-bond donors (Lipinski definition) is 0. The van der Waals surface area contributed by atoms with E-state index in [0.29, 0.717) is 19.9 Å². The van der Waals surface area contributed by atoms with Crippen LogP contribution < -0.4 is 0 Å². The van der Waals surface area contributed by atoms with Crippen LogP contribution in [0.4, 0.5) is 0 Å². The Morgan fingerprint density at radius 2 is 2.33 bits per heavy atom. The second kappa shape index (κ2) is 4.90. The molecule has 0 amide bonds. The fourth-order valence-corrected chi connectivity index (χ4v) is 0.835. The number of nitrogens with zero attached hydrogens (tertiary/aromatic N) is 2. The first-order chi connectivity index (χ1) is 5.83. The summed E-state index contributed by atoms with van der Waals surface area (Å²) in [7, 11) is 1.65. The summed E-state index contributed by atoms with van der Waals surface area (Å²) in [5, 5.41) is 4.16. The first kappa shape index (κ1) is 9.22. The second-order valence-electron chi connectivity index (χ2n) is 2.53. The highest BCUT2D eigenvalue weighted by Gasteiger charge is 1.92.